The maximum Gasteiger partial charge on any atom is 0.410 e. The molecule has 1 atom stereocenters. The lowest BCUT2D eigenvalue weighted by Gasteiger charge is -2.23. The van der Waals surface area contributed by atoms with E-state index >= 15 is 0 Å². The fourth-order valence-corrected chi connectivity index (χ4v) is 4.27. The molecule has 0 radical (unpaired) electrons. The summed E-state index contributed by atoms with van der Waals surface area (Å²) in [6.45, 7) is 3.20. The Morgan fingerprint density at radius 1 is 1.08 bits per heavy atom. The third-order valence-corrected chi connectivity index (χ3v) is 6.06. The van der Waals surface area contributed by atoms with Gasteiger partial charge in [-0.25, -0.2) is 9.78 Å². The Morgan fingerprint density at radius 2 is 1.89 bits per heavy atom. The lowest BCUT2D eigenvalue weighted by molar-refractivity contribution is -0.120. The van der Waals surface area contributed by atoms with Gasteiger partial charge in [0.05, 0.1) is 6.61 Å². The molecule has 2 amide bonds. The second-order valence-electron chi connectivity index (χ2n) is 8.54. The van der Waals surface area contributed by atoms with E-state index in [1.165, 1.54) is 4.90 Å². The van der Waals surface area contributed by atoms with Gasteiger partial charge >= 0.3 is 6.09 Å². The summed E-state index contributed by atoms with van der Waals surface area (Å²) in [5, 5.41) is 2.92. The van der Waals surface area contributed by atoms with Crippen LogP contribution in [-0.2, 0) is 16.1 Å². The molecule has 1 N–H and O–H groups in total. The Morgan fingerprint density at radius 3 is 2.67 bits per heavy atom. The highest BCUT2D eigenvalue weighted by molar-refractivity contribution is 5.98. The molecule has 0 saturated carbocycles. The SMILES string of the molecule is CCOc1ccc(-c2nc3cc(NC(=O)C4CCCN4C(=O)OCc4ccccc4)ccc3o2)cc1. The number of anilines is 1. The topological polar surface area (TPSA) is 93.9 Å². The zero-order valence-electron chi connectivity index (χ0n) is 20.0. The number of benzene rings is 3. The maximum atomic E-state index is 13.0. The van der Waals surface area contributed by atoms with Gasteiger partial charge in [0.25, 0.3) is 0 Å². The molecule has 1 saturated heterocycles. The summed E-state index contributed by atoms with van der Waals surface area (Å²) in [5.41, 5.74) is 3.56. The van der Waals surface area contributed by atoms with Crippen LogP contribution in [0.4, 0.5) is 10.5 Å². The lowest BCUT2D eigenvalue weighted by atomic mass is 10.2. The minimum Gasteiger partial charge on any atom is -0.494 e. The number of nitrogens with zero attached hydrogens (tertiary/aromatic N) is 2. The predicted molar refractivity (Wildman–Crippen MR) is 136 cm³/mol. The van der Waals surface area contributed by atoms with Gasteiger partial charge < -0.3 is 19.2 Å². The van der Waals surface area contributed by atoms with Gasteiger partial charge in [0.2, 0.25) is 11.8 Å². The predicted octanol–water partition coefficient (Wildman–Crippen LogP) is 5.63. The van der Waals surface area contributed by atoms with Crippen LogP contribution in [0.5, 0.6) is 5.75 Å². The molecule has 4 aromatic rings. The van der Waals surface area contributed by atoms with Gasteiger partial charge in [0, 0.05) is 17.8 Å². The van der Waals surface area contributed by atoms with E-state index in [1.54, 1.807) is 18.2 Å². The number of hydrogen-bond donors (Lipinski definition) is 1. The number of carbonyl (C=O) groups excluding carboxylic acids is 2. The van der Waals surface area contributed by atoms with Crippen molar-refractivity contribution in [2.45, 2.75) is 32.4 Å². The van der Waals surface area contributed by atoms with E-state index < -0.39 is 12.1 Å². The summed E-state index contributed by atoms with van der Waals surface area (Å²) in [7, 11) is 0. The highest BCUT2D eigenvalue weighted by Gasteiger charge is 2.35. The van der Waals surface area contributed by atoms with Crippen LogP contribution in [0.15, 0.2) is 77.2 Å². The zero-order chi connectivity index (χ0) is 24.9. The number of ether oxygens (including phenoxy) is 2. The first-order valence-corrected chi connectivity index (χ1v) is 12.0. The first-order valence-electron chi connectivity index (χ1n) is 12.0. The number of rotatable bonds is 7. The molecule has 0 bridgehead atoms. The Hall–Kier alpha value is -4.33. The van der Waals surface area contributed by atoms with E-state index in [2.05, 4.69) is 10.3 Å². The molecule has 2 heterocycles. The third-order valence-electron chi connectivity index (χ3n) is 6.06. The van der Waals surface area contributed by atoms with Gasteiger partial charge in [-0.05, 0) is 67.8 Å². The van der Waals surface area contributed by atoms with Crippen LogP contribution in [0.2, 0.25) is 0 Å². The Labute approximate surface area is 208 Å². The van der Waals surface area contributed by atoms with E-state index in [9.17, 15) is 9.59 Å². The molecule has 1 aliphatic heterocycles. The van der Waals surface area contributed by atoms with Gasteiger partial charge in [-0.1, -0.05) is 30.3 Å². The van der Waals surface area contributed by atoms with Gasteiger partial charge in [0.15, 0.2) is 5.58 Å². The van der Waals surface area contributed by atoms with Gasteiger partial charge in [-0.2, -0.15) is 0 Å². The normalized spacial score (nSPS) is 15.1. The zero-order valence-corrected chi connectivity index (χ0v) is 20.0. The molecular weight excluding hydrogens is 458 g/mol. The van der Waals surface area contributed by atoms with Crippen molar-refractivity contribution in [3.8, 4) is 17.2 Å². The third kappa shape index (κ3) is 5.17. The molecule has 8 heteroatoms. The van der Waals surface area contributed by atoms with Crippen molar-refractivity contribution in [2.24, 2.45) is 0 Å². The smallest absolute Gasteiger partial charge is 0.410 e. The molecule has 1 aromatic heterocycles. The van der Waals surface area contributed by atoms with Crippen LogP contribution in [0.25, 0.3) is 22.6 Å². The molecular formula is C28H27N3O5. The molecule has 1 aliphatic rings. The first kappa shape index (κ1) is 23.4. The minimum absolute atomic E-state index is 0.171. The molecule has 1 fully saturated rings. The van der Waals surface area contributed by atoms with Crippen LogP contribution in [0, 0.1) is 0 Å². The lowest BCUT2D eigenvalue weighted by Crippen LogP contribution is -2.43. The summed E-state index contributed by atoms with van der Waals surface area (Å²) in [5.74, 6) is 1.02. The Kier molecular flexibility index (Phi) is 6.84. The van der Waals surface area contributed by atoms with Crippen molar-refractivity contribution in [1.82, 2.24) is 9.88 Å². The van der Waals surface area contributed by atoms with E-state index in [1.807, 2.05) is 61.5 Å². The standard InChI is InChI=1S/C28H27N3O5/c1-2-34-22-13-10-20(11-14-22)27-30-23-17-21(12-15-25(23)36-27)29-26(32)24-9-6-16-31(24)28(33)35-18-19-7-4-3-5-8-19/h3-5,7-8,10-15,17,24H,2,6,9,16,18H2,1H3,(H,29,32). The number of fused-ring (bicyclic) bond motifs is 1. The number of likely N-dealkylation sites (tertiary alicyclic amines) is 1. The van der Waals surface area contributed by atoms with Crippen molar-refractivity contribution in [2.75, 3.05) is 18.5 Å². The molecule has 3 aromatic carbocycles. The second kappa shape index (κ2) is 10.5. The molecule has 0 aliphatic carbocycles. The van der Waals surface area contributed by atoms with Crippen LogP contribution in [0.1, 0.15) is 25.3 Å². The van der Waals surface area contributed by atoms with E-state index in [4.69, 9.17) is 13.9 Å². The van der Waals surface area contributed by atoms with Crippen LogP contribution in [-0.4, -0.2) is 41.1 Å². The Balaban J connectivity index is 1.24. The minimum atomic E-state index is -0.583. The van der Waals surface area contributed by atoms with Crippen molar-refractivity contribution in [1.29, 1.82) is 0 Å². The largest absolute Gasteiger partial charge is 0.494 e. The van der Waals surface area contributed by atoms with E-state index in [0.29, 0.717) is 42.3 Å². The maximum absolute atomic E-state index is 13.0. The van der Waals surface area contributed by atoms with Crippen LogP contribution < -0.4 is 10.1 Å². The van der Waals surface area contributed by atoms with E-state index in [-0.39, 0.29) is 12.5 Å². The van der Waals surface area contributed by atoms with Crippen LogP contribution >= 0.6 is 0 Å². The Bertz CT molecular complexity index is 1350. The molecule has 0 spiro atoms. The number of carbonyl (C=O) groups is 2. The fourth-order valence-electron chi connectivity index (χ4n) is 4.27. The van der Waals surface area contributed by atoms with E-state index in [0.717, 1.165) is 23.3 Å². The van der Waals surface area contributed by atoms with Crippen molar-refractivity contribution in [3.05, 3.63) is 78.4 Å². The summed E-state index contributed by atoms with van der Waals surface area (Å²) in [4.78, 5) is 31.8. The molecule has 184 valence electrons. The molecule has 8 nitrogen and oxygen atoms in total. The quantitative estimate of drug-likeness (QED) is 0.364. The highest BCUT2D eigenvalue weighted by Crippen LogP contribution is 2.28. The van der Waals surface area contributed by atoms with Crippen molar-refractivity contribution < 1.29 is 23.5 Å². The summed E-state index contributed by atoms with van der Waals surface area (Å²) in [6, 6.07) is 21.7. The molecule has 1 unspecified atom stereocenters. The summed E-state index contributed by atoms with van der Waals surface area (Å²) in [6.07, 6.45) is 0.843. The highest BCUT2D eigenvalue weighted by atomic mass is 16.6. The number of amides is 2. The molecule has 36 heavy (non-hydrogen) atoms. The number of hydrogen-bond acceptors (Lipinski definition) is 6. The molecule has 5 rings (SSSR count). The fraction of sp³-hybridized carbons (Fsp3) is 0.250. The number of aromatic nitrogens is 1. The van der Waals surface area contributed by atoms with Gasteiger partial charge in [-0.3, -0.25) is 9.69 Å². The van der Waals surface area contributed by atoms with Gasteiger partial charge in [0.1, 0.15) is 23.9 Å². The number of oxazole rings is 1. The average Bonchev–Trinajstić information content (AvgIpc) is 3.56. The monoisotopic (exact) mass is 485 g/mol. The average molecular weight is 486 g/mol. The van der Waals surface area contributed by atoms with Crippen molar-refractivity contribution >= 4 is 28.8 Å². The summed E-state index contributed by atoms with van der Waals surface area (Å²) >= 11 is 0. The van der Waals surface area contributed by atoms with Crippen LogP contribution in [0.3, 0.4) is 0 Å². The van der Waals surface area contributed by atoms with Gasteiger partial charge in [-0.15, -0.1) is 0 Å². The number of nitrogens with one attached hydrogen (secondary N) is 1. The second-order valence-corrected chi connectivity index (χ2v) is 8.54. The first-order chi connectivity index (χ1) is 17.6. The van der Waals surface area contributed by atoms with Crippen molar-refractivity contribution in [3.63, 3.8) is 0 Å². The summed E-state index contributed by atoms with van der Waals surface area (Å²) < 4.78 is 16.8.